The molecule has 3 heterocycles. The van der Waals surface area contributed by atoms with Crippen molar-refractivity contribution in [2.75, 3.05) is 10.7 Å². The summed E-state index contributed by atoms with van der Waals surface area (Å²) in [5.74, 6) is -0.0813. The van der Waals surface area contributed by atoms with Gasteiger partial charge in [0.1, 0.15) is 0 Å². The van der Waals surface area contributed by atoms with Crippen molar-refractivity contribution in [1.82, 2.24) is 9.97 Å². The minimum absolute atomic E-state index is 0.0293. The van der Waals surface area contributed by atoms with Gasteiger partial charge in [-0.1, -0.05) is 60.3 Å². The molecule has 3 unspecified atom stereocenters. The summed E-state index contributed by atoms with van der Waals surface area (Å²) in [5.41, 5.74) is 3.75. The maximum absolute atomic E-state index is 13.1. The summed E-state index contributed by atoms with van der Waals surface area (Å²) >= 11 is 1.51. The summed E-state index contributed by atoms with van der Waals surface area (Å²) in [6, 6.07) is 23.5. The van der Waals surface area contributed by atoms with Crippen LogP contribution in [0.3, 0.4) is 0 Å². The molecule has 3 atom stereocenters. The molecule has 0 spiro atoms. The number of aliphatic hydroxyl groups is 1. The number of hydrogen-bond donors (Lipinski definition) is 1. The summed E-state index contributed by atoms with van der Waals surface area (Å²) in [6.45, 7) is -0.0293. The highest BCUT2D eigenvalue weighted by Gasteiger charge is 2.37. The summed E-state index contributed by atoms with van der Waals surface area (Å²) in [6.07, 6.45) is 2.87. The van der Waals surface area contributed by atoms with E-state index in [1.807, 2.05) is 30.3 Å². The van der Waals surface area contributed by atoms with Gasteiger partial charge in [-0.3, -0.25) is 9.59 Å². The number of amides is 2. The van der Waals surface area contributed by atoms with Crippen LogP contribution in [-0.2, 0) is 16.1 Å². The van der Waals surface area contributed by atoms with Crippen LogP contribution in [-0.4, -0.2) is 38.7 Å². The van der Waals surface area contributed by atoms with Crippen molar-refractivity contribution >= 4 is 29.3 Å². The minimum atomic E-state index is -0.723. The Morgan fingerprint density at radius 1 is 0.846 bits per heavy atom. The molecule has 0 bridgehead atoms. The quantitative estimate of drug-likeness (QED) is 0.197. The average molecular weight is 540 g/mol. The molecule has 8 nitrogen and oxygen atoms in total. The first-order valence-electron chi connectivity index (χ1n) is 12.6. The number of aromatic nitrogens is 2. The van der Waals surface area contributed by atoms with Crippen molar-refractivity contribution in [3.8, 4) is 0 Å². The van der Waals surface area contributed by atoms with Crippen LogP contribution in [0.2, 0.25) is 0 Å². The fourth-order valence-corrected chi connectivity index (χ4v) is 5.60. The van der Waals surface area contributed by atoms with Gasteiger partial charge in [0.25, 0.3) is 11.8 Å². The first-order valence-corrected chi connectivity index (χ1v) is 13.6. The number of imide groups is 1. The fraction of sp³-hybridized carbons (Fsp3) is 0.200. The maximum Gasteiger partial charge on any atom is 0.266 e. The molecule has 1 saturated heterocycles. The zero-order chi connectivity index (χ0) is 26.8. The third-order valence-electron chi connectivity index (χ3n) is 6.75. The molecule has 0 radical (unpaired) electrons. The normalized spacial score (nSPS) is 20.7. The number of fused-ring (bicyclic) bond motifs is 1. The zero-order valence-electron chi connectivity index (χ0n) is 20.8. The number of carbonyl (C=O) groups excluding carboxylic acids is 2. The zero-order valence-corrected chi connectivity index (χ0v) is 21.7. The Balaban J connectivity index is 1.27. The molecule has 4 aromatic rings. The topological polar surface area (TPSA) is 102 Å². The van der Waals surface area contributed by atoms with E-state index in [-0.39, 0.29) is 30.6 Å². The van der Waals surface area contributed by atoms with Crippen LogP contribution in [0.25, 0.3) is 0 Å². The van der Waals surface area contributed by atoms with Crippen LogP contribution in [0.1, 0.15) is 56.2 Å². The van der Waals surface area contributed by atoms with Crippen LogP contribution < -0.4 is 4.90 Å². The summed E-state index contributed by atoms with van der Waals surface area (Å²) in [4.78, 5) is 35.9. The molecular formula is C30H25N3O5S. The second-order valence-electron chi connectivity index (χ2n) is 9.28. The van der Waals surface area contributed by atoms with E-state index in [2.05, 4.69) is 9.97 Å². The molecule has 6 rings (SSSR count). The van der Waals surface area contributed by atoms with Crippen LogP contribution in [0.15, 0.2) is 96.4 Å². The molecule has 2 amide bonds. The predicted molar refractivity (Wildman–Crippen MR) is 145 cm³/mol. The number of hydrogen-bond acceptors (Lipinski definition) is 8. The lowest BCUT2D eigenvalue weighted by Gasteiger charge is -2.36. The molecule has 196 valence electrons. The Morgan fingerprint density at radius 3 is 2.26 bits per heavy atom. The van der Waals surface area contributed by atoms with Gasteiger partial charge in [-0.25, -0.2) is 14.9 Å². The molecule has 3 aromatic carbocycles. The number of rotatable bonds is 7. The van der Waals surface area contributed by atoms with E-state index in [9.17, 15) is 14.7 Å². The van der Waals surface area contributed by atoms with Gasteiger partial charge >= 0.3 is 0 Å². The van der Waals surface area contributed by atoms with E-state index < -0.39 is 6.29 Å². The molecule has 2 aliphatic heterocycles. The van der Waals surface area contributed by atoms with Crippen LogP contribution in [0.4, 0.5) is 5.69 Å². The monoisotopic (exact) mass is 539 g/mol. The van der Waals surface area contributed by atoms with Crippen LogP contribution in [0.5, 0.6) is 0 Å². The van der Waals surface area contributed by atoms with Gasteiger partial charge in [0.05, 0.1) is 35.6 Å². The van der Waals surface area contributed by atoms with Gasteiger partial charge in [-0.15, -0.1) is 0 Å². The molecule has 9 heteroatoms. The van der Waals surface area contributed by atoms with Gasteiger partial charge < -0.3 is 14.6 Å². The first-order chi connectivity index (χ1) is 19.1. The lowest BCUT2D eigenvalue weighted by atomic mass is 10.0. The van der Waals surface area contributed by atoms with E-state index in [1.165, 1.54) is 16.7 Å². The van der Waals surface area contributed by atoms with Gasteiger partial charge in [0, 0.05) is 30.1 Å². The first kappa shape index (κ1) is 25.4. The second-order valence-corrected chi connectivity index (χ2v) is 10.3. The number of carbonyl (C=O) groups is 2. The molecule has 2 aliphatic rings. The van der Waals surface area contributed by atoms with E-state index in [0.717, 1.165) is 11.1 Å². The third kappa shape index (κ3) is 5.22. The Labute approximate surface area is 229 Å². The van der Waals surface area contributed by atoms with Crippen LogP contribution in [0, 0.1) is 0 Å². The van der Waals surface area contributed by atoms with Crippen molar-refractivity contribution < 1.29 is 24.2 Å². The van der Waals surface area contributed by atoms with Crippen molar-refractivity contribution in [3.63, 3.8) is 0 Å². The molecule has 1 N–H and O–H groups in total. The lowest BCUT2D eigenvalue weighted by molar-refractivity contribution is -0.245. The number of ether oxygens (including phenoxy) is 2. The van der Waals surface area contributed by atoms with Crippen molar-refractivity contribution in [1.29, 1.82) is 0 Å². The third-order valence-corrected chi connectivity index (χ3v) is 7.76. The summed E-state index contributed by atoms with van der Waals surface area (Å²) < 4.78 is 12.8. The highest BCUT2D eigenvalue weighted by molar-refractivity contribution is 7.99. The molecule has 0 saturated carbocycles. The van der Waals surface area contributed by atoms with Gasteiger partial charge in [0.15, 0.2) is 11.4 Å². The predicted octanol–water partition coefficient (Wildman–Crippen LogP) is 5.11. The molecule has 1 aromatic heterocycles. The smallest absolute Gasteiger partial charge is 0.266 e. The minimum Gasteiger partial charge on any atom is -0.392 e. The van der Waals surface area contributed by atoms with Gasteiger partial charge in [0.2, 0.25) is 0 Å². The van der Waals surface area contributed by atoms with E-state index >= 15 is 0 Å². The second kappa shape index (κ2) is 11.1. The SMILES string of the molecule is O=C1c2ccccc2C(=O)N1c1cccc(C2OC(CSc3ncccn3)CC(c3ccc(CO)cc3)O2)c1. The molecule has 1 fully saturated rings. The maximum atomic E-state index is 13.1. The largest absolute Gasteiger partial charge is 0.392 e. The van der Waals surface area contributed by atoms with Crippen molar-refractivity contribution in [2.45, 2.75) is 36.7 Å². The number of benzene rings is 3. The van der Waals surface area contributed by atoms with Gasteiger partial charge in [-0.2, -0.15) is 0 Å². The Hall–Kier alpha value is -3.89. The van der Waals surface area contributed by atoms with Crippen molar-refractivity contribution in [2.24, 2.45) is 0 Å². The molecule has 0 aliphatic carbocycles. The lowest BCUT2D eigenvalue weighted by Crippen LogP contribution is -2.32. The Kier molecular flexibility index (Phi) is 7.21. The number of anilines is 1. The summed E-state index contributed by atoms with van der Waals surface area (Å²) in [5, 5.41) is 10.1. The standard InChI is InChI=1S/C30H25N3O5S/c34-17-19-9-11-20(12-10-19)26-16-23(18-39-30-31-13-4-14-32-30)37-29(38-26)21-5-3-6-22(15-21)33-27(35)24-7-1-2-8-25(24)28(33)36/h1-15,23,26,29,34H,16-18H2. The van der Waals surface area contributed by atoms with E-state index in [4.69, 9.17) is 9.47 Å². The molecule has 39 heavy (non-hydrogen) atoms. The highest BCUT2D eigenvalue weighted by Crippen LogP contribution is 2.40. The van der Waals surface area contributed by atoms with E-state index in [1.54, 1.807) is 60.9 Å². The van der Waals surface area contributed by atoms with E-state index in [0.29, 0.717) is 39.7 Å². The summed E-state index contributed by atoms with van der Waals surface area (Å²) in [7, 11) is 0. The number of thioether (sulfide) groups is 1. The Morgan fingerprint density at radius 2 is 1.56 bits per heavy atom. The Bertz CT molecular complexity index is 1460. The fourth-order valence-electron chi connectivity index (χ4n) is 4.78. The molecular weight excluding hydrogens is 514 g/mol. The average Bonchev–Trinajstić information content (AvgIpc) is 3.26. The van der Waals surface area contributed by atoms with Crippen molar-refractivity contribution in [3.05, 3.63) is 119 Å². The highest BCUT2D eigenvalue weighted by atomic mass is 32.2. The number of nitrogens with zero attached hydrogens (tertiary/aromatic N) is 3. The van der Waals surface area contributed by atoms with Gasteiger partial charge in [-0.05, 0) is 41.5 Å². The number of aliphatic hydroxyl groups excluding tert-OH is 1. The van der Waals surface area contributed by atoms with Crippen LogP contribution >= 0.6 is 11.8 Å².